The number of nitrogens with one attached hydrogen (secondary N) is 1. The van der Waals surface area contributed by atoms with Gasteiger partial charge in [-0.05, 0) is 44.0 Å². The van der Waals surface area contributed by atoms with Crippen molar-refractivity contribution in [2.24, 2.45) is 10.9 Å². The highest BCUT2D eigenvalue weighted by atomic mass is 16.5. The van der Waals surface area contributed by atoms with Crippen LogP contribution in [0, 0.1) is 5.92 Å². The van der Waals surface area contributed by atoms with Gasteiger partial charge in [-0.3, -0.25) is 10.3 Å². The molecule has 4 aliphatic rings. The summed E-state index contributed by atoms with van der Waals surface area (Å²) in [5.41, 5.74) is 1.79. The Hall–Kier alpha value is -2.21. The summed E-state index contributed by atoms with van der Waals surface area (Å²) in [6.07, 6.45) is 5.27. The van der Waals surface area contributed by atoms with Crippen molar-refractivity contribution in [3.05, 3.63) is 30.5 Å². The SMILES string of the molecule is c1ccc2nc(NC3=NC4(CCO3)CN3CCC4CC3)cnc2c1. The Morgan fingerprint density at radius 3 is 2.79 bits per heavy atom. The van der Waals surface area contributed by atoms with Gasteiger partial charge in [0.1, 0.15) is 0 Å². The predicted octanol–water partition coefficient (Wildman–Crippen LogP) is 2.28. The number of aromatic nitrogens is 2. The number of hydrogen-bond acceptors (Lipinski definition) is 6. The van der Waals surface area contributed by atoms with Gasteiger partial charge in [0, 0.05) is 13.0 Å². The molecule has 0 amide bonds. The largest absolute Gasteiger partial charge is 0.465 e. The topological polar surface area (TPSA) is 62.6 Å². The van der Waals surface area contributed by atoms with Crippen LogP contribution in [-0.4, -0.2) is 52.7 Å². The molecule has 1 spiro atoms. The Morgan fingerprint density at radius 2 is 2.00 bits per heavy atom. The fourth-order valence-corrected chi connectivity index (χ4v) is 4.36. The van der Waals surface area contributed by atoms with Crippen molar-refractivity contribution in [2.75, 3.05) is 31.6 Å². The predicted molar refractivity (Wildman–Crippen MR) is 93.1 cm³/mol. The Labute approximate surface area is 141 Å². The van der Waals surface area contributed by atoms with E-state index < -0.39 is 0 Å². The first-order valence-corrected chi connectivity index (χ1v) is 8.75. The van der Waals surface area contributed by atoms with Crippen molar-refractivity contribution in [3.63, 3.8) is 0 Å². The minimum Gasteiger partial charge on any atom is -0.465 e. The molecule has 5 heterocycles. The van der Waals surface area contributed by atoms with Gasteiger partial charge in [0.15, 0.2) is 5.82 Å². The number of nitrogens with zero attached hydrogens (tertiary/aromatic N) is 4. The highest BCUT2D eigenvalue weighted by Gasteiger charge is 2.48. The third kappa shape index (κ3) is 2.33. The molecule has 2 aromatic rings. The average molecular weight is 323 g/mol. The zero-order chi connectivity index (χ0) is 16.0. The first-order chi connectivity index (χ1) is 11.8. The monoisotopic (exact) mass is 323 g/mol. The van der Waals surface area contributed by atoms with E-state index in [-0.39, 0.29) is 5.54 Å². The average Bonchev–Trinajstić information content (AvgIpc) is 2.62. The Kier molecular flexibility index (Phi) is 3.19. The molecular weight excluding hydrogens is 302 g/mol. The first-order valence-electron chi connectivity index (χ1n) is 8.75. The van der Waals surface area contributed by atoms with Crippen molar-refractivity contribution in [3.8, 4) is 0 Å². The van der Waals surface area contributed by atoms with Gasteiger partial charge < -0.3 is 9.64 Å². The summed E-state index contributed by atoms with van der Waals surface area (Å²) >= 11 is 0. The summed E-state index contributed by atoms with van der Waals surface area (Å²) in [6, 6.07) is 8.46. The van der Waals surface area contributed by atoms with Crippen LogP contribution in [0.15, 0.2) is 35.5 Å². The van der Waals surface area contributed by atoms with E-state index in [1.807, 2.05) is 24.3 Å². The lowest BCUT2D eigenvalue weighted by Crippen LogP contribution is -2.60. The Morgan fingerprint density at radius 1 is 1.17 bits per heavy atom. The van der Waals surface area contributed by atoms with Crippen molar-refractivity contribution in [1.82, 2.24) is 14.9 Å². The lowest BCUT2D eigenvalue weighted by molar-refractivity contribution is 0.00807. The Balaban J connectivity index is 1.43. The molecule has 4 aliphatic heterocycles. The number of benzene rings is 1. The van der Waals surface area contributed by atoms with Crippen LogP contribution in [0.1, 0.15) is 19.3 Å². The number of piperidine rings is 3. The molecule has 1 aromatic heterocycles. The molecule has 0 aliphatic carbocycles. The molecule has 0 radical (unpaired) electrons. The molecule has 124 valence electrons. The number of hydrogen-bond donors (Lipinski definition) is 1. The number of fused-ring (bicyclic) bond motifs is 3. The zero-order valence-electron chi connectivity index (χ0n) is 13.6. The molecule has 1 N–H and O–H groups in total. The molecular formula is C18H21N5O. The fourth-order valence-electron chi connectivity index (χ4n) is 4.36. The smallest absolute Gasteiger partial charge is 0.291 e. The number of amidine groups is 1. The molecule has 6 rings (SSSR count). The van der Waals surface area contributed by atoms with Crippen LogP contribution in [0.3, 0.4) is 0 Å². The van der Waals surface area contributed by atoms with Crippen LogP contribution in [-0.2, 0) is 4.74 Å². The maximum atomic E-state index is 5.78. The second-order valence-corrected chi connectivity index (χ2v) is 7.04. The van der Waals surface area contributed by atoms with Gasteiger partial charge in [0.25, 0.3) is 6.02 Å². The van der Waals surface area contributed by atoms with Crippen LogP contribution in [0.25, 0.3) is 11.0 Å². The number of para-hydroxylation sites is 2. The summed E-state index contributed by atoms with van der Waals surface area (Å²) in [7, 11) is 0. The van der Waals surface area contributed by atoms with E-state index in [4.69, 9.17) is 9.73 Å². The van der Waals surface area contributed by atoms with E-state index >= 15 is 0 Å². The van der Waals surface area contributed by atoms with Crippen molar-refractivity contribution in [2.45, 2.75) is 24.8 Å². The van der Waals surface area contributed by atoms with E-state index in [1.165, 1.54) is 25.9 Å². The van der Waals surface area contributed by atoms with Crippen molar-refractivity contribution < 1.29 is 4.74 Å². The van der Waals surface area contributed by atoms with E-state index in [0.29, 0.717) is 17.8 Å². The highest BCUT2D eigenvalue weighted by Crippen LogP contribution is 2.42. The molecule has 1 unspecified atom stereocenters. The summed E-state index contributed by atoms with van der Waals surface area (Å²) in [5, 5.41) is 3.24. The van der Waals surface area contributed by atoms with Gasteiger partial charge in [-0.25, -0.2) is 9.98 Å². The van der Waals surface area contributed by atoms with Gasteiger partial charge in [-0.1, -0.05) is 12.1 Å². The van der Waals surface area contributed by atoms with Crippen LogP contribution in [0.4, 0.5) is 5.82 Å². The molecule has 6 heteroatoms. The van der Waals surface area contributed by atoms with Gasteiger partial charge >= 0.3 is 0 Å². The minimum atomic E-state index is 0.0291. The van der Waals surface area contributed by atoms with E-state index in [2.05, 4.69) is 20.2 Å². The number of ether oxygens (including phenoxy) is 1. The molecule has 1 atom stereocenters. The number of rotatable bonds is 1. The maximum absolute atomic E-state index is 5.78. The molecule has 3 fully saturated rings. The normalized spacial score (nSPS) is 31.8. The molecule has 2 bridgehead atoms. The summed E-state index contributed by atoms with van der Waals surface area (Å²) in [4.78, 5) is 16.6. The fraction of sp³-hybridized carbons (Fsp3) is 0.500. The van der Waals surface area contributed by atoms with Crippen LogP contribution in [0.2, 0.25) is 0 Å². The van der Waals surface area contributed by atoms with Crippen molar-refractivity contribution >= 4 is 22.9 Å². The van der Waals surface area contributed by atoms with Gasteiger partial charge in [-0.2, -0.15) is 0 Å². The van der Waals surface area contributed by atoms with Crippen molar-refractivity contribution in [1.29, 1.82) is 0 Å². The van der Waals surface area contributed by atoms with Gasteiger partial charge in [-0.15, -0.1) is 0 Å². The number of aliphatic imine (C=N–C) groups is 1. The molecule has 6 nitrogen and oxygen atoms in total. The summed E-state index contributed by atoms with van der Waals surface area (Å²) in [5.74, 6) is 1.37. The summed E-state index contributed by atoms with van der Waals surface area (Å²) < 4.78 is 5.78. The molecule has 0 saturated carbocycles. The lowest BCUT2D eigenvalue weighted by atomic mass is 9.71. The quantitative estimate of drug-likeness (QED) is 0.872. The van der Waals surface area contributed by atoms with Crippen LogP contribution < -0.4 is 5.32 Å². The standard InChI is InChI=1S/C18H21N5O/c1-2-4-15-14(3-1)19-11-16(20-15)21-17-22-18(7-10-24-17)12-23-8-5-13(18)6-9-23/h1-4,11,13H,5-10,12H2,(H,20,21,22). The summed E-state index contributed by atoms with van der Waals surface area (Å²) in [6.45, 7) is 4.23. The van der Waals surface area contributed by atoms with Crippen LogP contribution in [0.5, 0.6) is 0 Å². The third-order valence-corrected chi connectivity index (χ3v) is 5.63. The minimum absolute atomic E-state index is 0.0291. The third-order valence-electron chi connectivity index (χ3n) is 5.63. The maximum Gasteiger partial charge on any atom is 0.291 e. The van der Waals surface area contributed by atoms with Crippen LogP contribution >= 0.6 is 0 Å². The lowest BCUT2D eigenvalue weighted by Gasteiger charge is -2.52. The zero-order valence-corrected chi connectivity index (χ0v) is 13.6. The van der Waals surface area contributed by atoms with E-state index in [9.17, 15) is 0 Å². The molecule has 3 saturated heterocycles. The van der Waals surface area contributed by atoms with Gasteiger partial charge in [0.2, 0.25) is 0 Å². The van der Waals surface area contributed by atoms with Gasteiger partial charge in [0.05, 0.1) is 29.4 Å². The second kappa shape index (κ2) is 5.41. The number of anilines is 1. The Bertz CT molecular complexity index is 799. The van der Waals surface area contributed by atoms with E-state index in [1.54, 1.807) is 6.20 Å². The first kappa shape index (κ1) is 14.2. The highest BCUT2D eigenvalue weighted by molar-refractivity contribution is 5.89. The second-order valence-electron chi connectivity index (χ2n) is 7.04. The molecule has 24 heavy (non-hydrogen) atoms. The molecule has 1 aromatic carbocycles. The van der Waals surface area contributed by atoms with E-state index in [0.717, 1.165) is 30.6 Å².